The molecule has 0 saturated heterocycles. The third-order valence-corrected chi connectivity index (χ3v) is 4.04. The predicted octanol–water partition coefficient (Wildman–Crippen LogP) is 0.245. The molecule has 10 heteroatoms. The molecule has 0 fully saturated rings. The number of carbonyl (C=O) groups is 1. The van der Waals surface area contributed by atoms with Crippen molar-refractivity contribution in [3.63, 3.8) is 0 Å². The van der Waals surface area contributed by atoms with Crippen LogP contribution >= 0.6 is 0 Å². The maximum atomic E-state index is 12.2. The fraction of sp³-hybridized carbons (Fsp3) is 0.182. The zero-order valence-corrected chi connectivity index (χ0v) is 11.7. The van der Waals surface area contributed by atoms with E-state index in [9.17, 15) is 13.2 Å². The molecule has 2 aromatic rings. The molecule has 3 N–H and O–H groups in total. The Labute approximate surface area is 119 Å². The second-order valence-electron chi connectivity index (χ2n) is 4.34. The number of aryl methyl sites for hydroxylation is 1. The summed E-state index contributed by atoms with van der Waals surface area (Å²) in [6.07, 6.45) is 0. The Morgan fingerprint density at radius 2 is 2.19 bits per heavy atom. The van der Waals surface area contributed by atoms with Gasteiger partial charge in [-0.2, -0.15) is 4.98 Å². The third kappa shape index (κ3) is 2.65. The first-order chi connectivity index (χ1) is 9.94. The fourth-order valence-electron chi connectivity index (χ4n) is 1.80. The molecule has 2 heterocycles. The molecule has 1 aliphatic heterocycles. The summed E-state index contributed by atoms with van der Waals surface area (Å²) in [5.41, 5.74) is 0.306. The van der Waals surface area contributed by atoms with E-state index in [0.29, 0.717) is 17.3 Å². The van der Waals surface area contributed by atoms with Crippen LogP contribution in [0.25, 0.3) is 0 Å². The van der Waals surface area contributed by atoms with Gasteiger partial charge in [-0.25, -0.2) is 13.1 Å². The standard InChI is InChI=1S/C11H11N5O4S/c1-6-12-11(15-14-6)16-21(18,19)7-2-3-9-8(4-7)13-10(17)5-20-9/h2-4H,5H2,1H3,(H,13,17)(H2,12,14,15,16). The highest BCUT2D eigenvalue weighted by Crippen LogP contribution is 2.30. The van der Waals surface area contributed by atoms with Crippen LogP contribution in [0.3, 0.4) is 0 Å². The van der Waals surface area contributed by atoms with Crippen LogP contribution < -0.4 is 14.8 Å². The second kappa shape index (κ2) is 4.74. The molecule has 1 aliphatic rings. The van der Waals surface area contributed by atoms with E-state index in [1.165, 1.54) is 18.2 Å². The van der Waals surface area contributed by atoms with Crippen molar-refractivity contribution in [2.75, 3.05) is 16.6 Å². The topological polar surface area (TPSA) is 126 Å². The second-order valence-corrected chi connectivity index (χ2v) is 6.03. The number of nitrogens with one attached hydrogen (secondary N) is 3. The number of rotatable bonds is 3. The number of fused-ring (bicyclic) bond motifs is 1. The average molecular weight is 309 g/mol. The smallest absolute Gasteiger partial charge is 0.264 e. The summed E-state index contributed by atoms with van der Waals surface area (Å²) in [5, 5.41) is 8.79. The number of amides is 1. The number of ether oxygens (including phenoxy) is 1. The number of benzene rings is 1. The molecule has 0 bridgehead atoms. The molecule has 1 aromatic carbocycles. The van der Waals surface area contributed by atoms with Crippen LogP contribution in [-0.4, -0.2) is 36.1 Å². The van der Waals surface area contributed by atoms with Crippen molar-refractivity contribution in [3.8, 4) is 5.75 Å². The van der Waals surface area contributed by atoms with E-state index in [1.54, 1.807) is 6.92 Å². The van der Waals surface area contributed by atoms with Crippen LogP contribution in [0.2, 0.25) is 0 Å². The van der Waals surface area contributed by atoms with Gasteiger partial charge in [-0.15, -0.1) is 5.10 Å². The lowest BCUT2D eigenvalue weighted by atomic mass is 10.2. The molecular formula is C11H11N5O4S. The van der Waals surface area contributed by atoms with Gasteiger partial charge in [0.25, 0.3) is 21.9 Å². The first kappa shape index (κ1) is 13.4. The van der Waals surface area contributed by atoms with Crippen LogP contribution in [0.4, 0.5) is 11.6 Å². The minimum absolute atomic E-state index is 0.0329. The molecule has 0 atom stereocenters. The zero-order chi connectivity index (χ0) is 15.0. The van der Waals surface area contributed by atoms with E-state index >= 15 is 0 Å². The highest BCUT2D eigenvalue weighted by molar-refractivity contribution is 7.92. The monoisotopic (exact) mass is 309 g/mol. The summed E-state index contributed by atoms with van der Waals surface area (Å²) in [7, 11) is -3.85. The number of H-pyrrole nitrogens is 1. The molecule has 0 aliphatic carbocycles. The van der Waals surface area contributed by atoms with E-state index in [-0.39, 0.29) is 23.4 Å². The summed E-state index contributed by atoms with van der Waals surface area (Å²) in [5.74, 6) is 0.515. The van der Waals surface area contributed by atoms with Crippen molar-refractivity contribution in [2.24, 2.45) is 0 Å². The van der Waals surface area contributed by atoms with Gasteiger partial charge in [0.05, 0.1) is 10.6 Å². The number of hydrogen-bond acceptors (Lipinski definition) is 6. The van der Waals surface area contributed by atoms with Gasteiger partial charge in [0.15, 0.2) is 6.61 Å². The SMILES string of the molecule is Cc1nc(NS(=O)(=O)c2ccc3c(c2)NC(=O)CO3)n[nH]1. The molecule has 0 spiro atoms. The van der Waals surface area contributed by atoms with Crippen LogP contribution in [-0.2, 0) is 14.8 Å². The first-order valence-electron chi connectivity index (χ1n) is 5.92. The molecular weight excluding hydrogens is 298 g/mol. The summed E-state index contributed by atoms with van der Waals surface area (Å²) >= 11 is 0. The van der Waals surface area contributed by atoms with E-state index in [0.717, 1.165) is 0 Å². The largest absolute Gasteiger partial charge is 0.482 e. The highest BCUT2D eigenvalue weighted by Gasteiger charge is 2.21. The summed E-state index contributed by atoms with van der Waals surface area (Å²) < 4.78 is 31.8. The van der Waals surface area contributed by atoms with E-state index < -0.39 is 10.0 Å². The maximum Gasteiger partial charge on any atom is 0.264 e. The molecule has 0 unspecified atom stereocenters. The van der Waals surface area contributed by atoms with Crippen molar-refractivity contribution in [1.29, 1.82) is 0 Å². The van der Waals surface area contributed by atoms with Gasteiger partial charge in [-0.1, -0.05) is 0 Å². The minimum atomic E-state index is -3.85. The Morgan fingerprint density at radius 1 is 1.38 bits per heavy atom. The minimum Gasteiger partial charge on any atom is -0.482 e. The van der Waals surface area contributed by atoms with Crippen LogP contribution in [0.5, 0.6) is 5.75 Å². The molecule has 0 saturated carbocycles. The van der Waals surface area contributed by atoms with E-state index in [4.69, 9.17) is 4.74 Å². The van der Waals surface area contributed by atoms with E-state index in [2.05, 4.69) is 25.2 Å². The molecule has 1 amide bonds. The lowest BCUT2D eigenvalue weighted by Gasteiger charge is -2.18. The van der Waals surface area contributed by atoms with Crippen molar-refractivity contribution < 1.29 is 17.9 Å². The number of aromatic amines is 1. The zero-order valence-electron chi connectivity index (χ0n) is 10.9. The van der Waals surface area contributed by atoms with Gasteiger partial charge in [-0.3, -0.25) is 9.89 Å². The summed E-state index contributed by atoms with van der Waals surface area (Å²) in [6, 6.07) is 4.17. The number of anilines is 2. The summed E-state index contributed by atoms with van der Waals surface area (Å²) in [6.45, 7) is 1.56. The number of carbonyl (C=O) groups excluding carboxylic acids is 1. The average Bonchev–Trinajstić information content (AvgIpc) is 2.82. The molecule has 1 aromatic heterocycles. The third-order valence-electron chi connectivity index (χ3n) is 2.72. The van der Waals surface area contributed by atoms with Gasteiger partial charge in [-0.05, 0) is 25.1 Å². The van der Waals surface area contributed by atoms with Gasteiger partial charge in [0.1, 0.15) is 11.6 Å². The quantitative estimate of drug-likeness (QED) is 0.746. The van der Waals surface area contributed by atoms with Gasteiger partial charge in [0, 0.05) is 0 Å². The van der Waals surface area contributed by atoms with Gasteiger partial charge >= 0.3 is 0 Å². The summed E-state index contributed by atoms with van der Waals surface area (Å²) in [4.78, 5) is 15.1. The normalized spacial score (nSPS) is 14.0. The predicted molar refractivity (Wildman–Crippen MR) is 72.5 cm³/mol. The lowest BCUT2D eigenvalue weighted by Crippen LogP contribution is -2.25. The van der Waals surface area contributed by atoms with Crippen LogP contribution in [0, 0.1) is 6.92 Å². The van der Waals surface area contributed by atoms with Crippen molar-refractivity contribution in [3.05, 3.63) is 24.0 Å². The Hall–Kier alpha value is -2.62. The van der Waals surface area contributed by atoms with Crippen molar-refractivity contribution >= 4 is 27.6 Å². The van der Waals surface area contributed by atoms with Gasteiger partial charge < -0.3 is 10.1 Å². The van der Waals surface area contributed by atoms with Crippen molar-refractivity contribution in [1.82, 2.24) is 15.2 Å². The number of sulfonamides is 1. The van der Waals surface area contributed by atoms with Gasteiger partial charge in [0.2, 0.25) is 0 Å². The Balaban J connectivity index is 1.92. The number of nitrogens with zero attached hydrogens (tertiary/aromatic N) is 2. The van der Waals surface area contributed by atoms with E-state index in [1.807, 2.05) is 0 Å². The number of hydrogen-bond donors (Lipinski definition) is 3. The van der Waals surface area contributed by atoms with Crippen LogP contribution in [0.15, 0.2) is 23.1 Å². The maximum absolute atomic E-state index is 12.2. The molecule has 3 rings (SSSR count). The Bertz CT molecular complexity index is 814. The van der Waals surface area contributed by atoms with Crippen molar-refractivity contribution in [2.45, 2.75) is 11.8 Å². The number of aromatic nitrogens is 3. The molecule has 110 valence electrons. The molecule has 0 radical (unpaired) electrons. The Morgan fingerprint density at radius 3 is 2.90 bits per heavy atom. The highest BCUT2D eigenvalue weighted by atomic mass is 32.2. The fourth-order valence-corrected chi connectivity index (χ4v) is 2.77. The Kier molecular flexibility index (Phi) is 3.01. The lowest BCUT2D eigenvalue weighted by molar-refractivity contribution is -0.118. The molecule has 9 nitrogen and oxygen atoms in total. The molecule has 21 heavy (non-hydrogen) atoms. The van der Waals surface area contributed by atoms with Crippen LogP contribution in [0.1, 0.15) is 5.82 Å². The first-order valence-corrected chi connectivity index (χ1v) is 7.41.